The number of pyridine rings is 1. The van der Waals surface area contributed by atoms with Crippen LogP contribution in [0.25, 0.3) is 22.0 Å². The first-order valence-electron chi connectivity index (χ1n) is 7.47. The molecule has 0 radical (unpaired) electrons. The van der Waals surface area contributed by atoms with Crippen LogP contribution in [0.2, 0.25) is 0 Å². The summed E-state index contributed by atoms with van der Waals surface area (Å²) < 4.78 is 2.37. The topological polar surface area (TPSA) is 3.88 Å². The van der Waals surface area contributed by atoms with E-state index < -0.39 is 0 Å². The van der Waals surface area contributed by atoms with Crippen molar-refractivity contribution in [3.8, 4) is 11.1 Å². The van der Waals surface area contributed by atoms with Gasteiger partial charge >= 0.3 is 0 Å². The van der Waals surface area contributed by atoms with Gasteiger partial charge in [0.15, 0.2) is 11.7 Å². The lowest BCUT2D eigenvalue weighted by Gasteiger charge is -2.16. The molecule has 0 aliphatic carbocycles. The van der Waals surface area contributed by atoms with Crippen LogP contribution in [0.5, 0.6) is 0 Å². The summed E-state index contributed by atoms with van der Waals surface area (Å²) in [5.74, 6) is 0. The van der Waals surface area contributed by atoms with E-state index in [2.05, 4.69) is 93.1 Å². The Balaban J connectivity index is 2.28. The van der Waals surface area contributed by atoms with Gasteiger partial charge in [0.25, 0.3) is 0 Å². The zero-order valence-corrected chi connectivity index (χ0v) is 13.2. The fourth-order valence-corrected chi connectivity index (χ4v) is 2.70. The van der Waals surface area contributed by atoms with Gasteiger partial charge in [-0.2, -0.15) is 4.57 Å². The van der Waals surface area contributed by atoms with E-state index in [4.69, 9.17) is 0 Å². The molecular weight excluding hydrogens is 254 g/mol. The fourth-order valence-electron chi connectivity index (χ4n) is 2.70. The summed E-state index contributed by atoms with van der Waals surface area (Å²) in [6.45, 7) is 8.87. The second-order valence-electron chi connectivity index (χ2n) is 6.69. The van der Waals surface area contributed by atoms with Crippen LogP contribution < -0.4 is 4.57 Å². The lowest BCUT2D eigenvalue weighted by molar-refractivity contribution is -0.730. The minimum atomic E-state index is 0.0559. The quantitative estimate of drug-likeness (QED) is 0.559. The standard InChI is InChI=1S/C20H22N/c1-15-9-11-16(12-10-15)18-13-17-7-5-6-8-19(17)21(14-18)20(2,3)4/h5-14H,1-4H3/q+1. The molecule has 3 rings (SSSR count). The van der Waals surface area contributed by atoms with Gasteiger partial charge in [-0.15, -0.1) is 0 Å². The van der Waals surface area contributed by atoms with E-state index in [0.29, 0.717) is 0 Å². The van der Waals surface area contributed by atoms with E-state index in [9.17, 15) is 0 Å². The molecule has 1 nitrogen and oxygen atoms in total. The molecule has 3 aromatic rings. The molecule has 0 saturated carbocycles. The number of aromatic nitrogens is 1. The second-order valence-corrected chi connectivity index (χ2v) is 6.69. The first-order chi connectivity index (χ1) is 9.95. The highest BCUT2D eigenvalue weighted by Gasteiger charge is 2.25. The molecule has 2 aromatic carbocycles. The monoisotopic (exact) mass is 276 g/mol. The lowest BCUT2D eigenvalue weighted by atomic mass is 10.0. The van der Waals surface area contributed by atoms with E-state index in [1.807, 2.05) is 0 Å². The SMILES string of the molecule is Cc1ccc(-c2cc3ccccc3[n+](C(C)(C)C)c2)cc1. The minimum Gasteiger partial charge on any atom is -0.193 e. The summed E-state index contributed by atoms with van der Waals surface area (Å²) in [6, 6.07) is 19.6. The predicted octanol–water partition coefficient (Wildman–Crippen LogP) is 4.86. The maximum Gasteiger partial charge on any atom is 0.212 e. The van der Waals surface area contributed by atoms with Gasteiger partial charge in [-0.25, -0.2) is 0 Å². The van der Waals surface area contributed by atoms with E-state index in [1.54, 1.807) is 0 Å². The van der Waals surface area contributed by atoms with Crippen molar-refractivity contribution in [3.63, 3.8) is 0 Å². The van der Waals surface area contributed by atoms with Crippen LogP contribution >= 0.6 is 0 Å². The maximum absolute atomic E-state index is 2.37. The summed E-state index contributed by atoms with van der Waals surface area (Å²) in [7, 11) is 0. The summed E-state index contributed by atoms with van der Waals surface area (Å²) in [4.78, 5) is 0. The van der Waals surface area contributed by atoms with Crippen molar-refractivity contribution in [1.29, 1.82) is 0 Å². The Bertz CT molecular complexity index is 777. The zero-order valence-electron chi connectivity index (χ0n) is 13.2. The summed E-state index contributed by atoms with van der Waals surface area (Å²) in [6.07, 6.45) is 2.27. The van der Waals surface area contributed by atoms with Gasteiger partial charge in [-0.3, -0.25) is 0 Å². The molecule has 0 atom stereocenters. The molecule has 0 saturated heterocycles. The molecule has 0 spiro atoms. The highest BCUT2D eigenvalue weighted by Crippen LogP contribution is 2.24. The Morgan fingerprint density at radius 1 is 0.810 bits per heavy atom. The van der Waals surface area contributed by atoms with Gasteiger partial charge in [-0.05, 0) is 24.6 Å². The number of para-hydroxylation sites is 1. The van der Waals surface area contributed by atoms with Crippen LogP contribution in [-0.2, 0) is 5.54 Å². The Kier molecular flexibility index (Phi) is 3.29. The largest absolute Gasteiger partial charge is 0.212 e. The molecule has 21 heavy (non-hydrogen) atoms. The van der Waals surface area contributed by atoms with Gasteiger partial charge in [0.1, 0.15) is 0 Å². The van der Waals surface area contributed by atoms with Gasteiger partial charge in [0, 0.05) is 37.8 Å². The number of aryl methyl sites for hydroxylation is 1. The number of benzene rings is 2. The molecule has 0 N–H and O–H groups in total. The minimum absolute atomic E-state index is 0.0559. The summed E-state index contributed by atoms with van der Waals surface area (Å²) >= 11 is 0. The lowest BCUT2D eigenvalue weighted by Crippen LogP contribution is -2.50. The van der Waals surface area contributed by atoms with Gasteiger partial charge in [0.05, 0.1) is 0 Å². The summed E-state index contributed by atoms with van der Waals surface area (Å²) in [5, 5.41) is 1.28. The number of hydrogen-bond donors (Lipinski definition) is 0. The molecule has 1 heteroatoms. The van der Waals surface area contributed by atoms with E-state index in [1.165, 1.54) is 27.6 Å². The van der Waals surface area contributed by atoms with Crippen LogP contribution in [0.4, 0.5) is 0 Å². The predicted molar refractivity (Wildman–Crippen MR) is 89.3 cm³/mol. The second kappa shape index (κ2) is 5.00. The number of nitrogens with zero attached hydrogens (tertiary/aromatic N) is 1. The van der Waals surface area contributed by atoms with Crippen molar-refractivity contribution in [1.82, 2.24) is 0 Å². The first-order valence-corrected chi connectivity index (χ1v) is 7.47. The first kappa shape index (κ1) is 13.8. The Morgan fingerprint density at radius 2 is 1.48 bits per heavy atom. The summed E-state index contributed by atoms with van der Waals surface area (Å²) in [5.41, 5.74) is 5.16. The maximum atomic E-state index is 2.37. The van der Waals surface area contributed by atoms with Crippen LogP contribution in [0.15, 0.2) is 60.8 Å². The Hall–Kier alpha value is -2.15. The molecular formula is C20H22N+. The molecule has 0 unspecified atom stereocenters. The molecule has 0 fully saturated rings. The van der Waals surface area contributed by atoms with E-state index in [0.717, 1.165) is 0 Å². The van der Waals surface area contributed by atoms with E-state index >= 15 is 0 Å². The highest BCUT2D eigenvalue weighted by atomic mass is 15.0. The van der Waals surface area contributed by atoms with Crippen molar-refractivity contribution in [3.05, 3.63) is 66.4 Å². The fraction of sp³-hybridized carbons (Fsp3) is 0.250. The Morgan fingerprint density at radius 3 is 2.14 bits per heavy atom. The van der Waals surface area contributed by atoms with Crippen molar-refractivity contribution >= 4 is 10.9 Å². The van der Waals surface area contributed by atoms with Crippen molar-refractivity contribution in [2.24, 2.45) is 0 Å². The third-order valence-electron chi connectivity index (χ3n) is 3.88. The number of hydrogen-bond acceptors (Lipinski definition) is 0. The van der Waals surface area contributed by atoms with Crippen molar-refractivity contribution in [2.75, 3.05) is 0 Å². The molecule has 0 aliphatic rings. The molecule has 0 aliphatic heterocycles. The van der Waals surface area contributed by atoms with Gasteiger partial charge < -0.3 is 0 Å². The van der Waals surface area contributed by atoms with Crippen LogP contribution in [0, 0.1) is 6.92 Å². The molecule has 106 valence electrons. The van der Waals surface area contributed by atoms with Crippen molar-refractivity contribution < 1.29 is 4.57 Å². The van der Waals surface area contributed by atoms with Crippen LogP contribution in [0.1, 0.15) is 26.3 Å². The number of fused-ring (bicyclic) bond motifs is 1. The van der Waals surface area contributed by atoms with Gasteiger partial charge in [-0.1, -0.05) is 42.0 Å². The smallest absolute Gasteiger partial charge is 0.193 e. The van der Waals surface area contributed by atoms with Gasteiger partial charge in [0.2, 0.25) is 5.52 Å². The molecule has 0 amide bonds. The van der Waals surface area contributed by atoms with Crippen molar-refractivity contribution in [2.45, 2.75) is 33.2 Å². The third kappa shape index (κ3) is 2.69. The highest BCUT2D eigenvalue weighted by molar-refractivity contribution is 5.80. The average molecular weight is 276 g/mol. The molecule has 1 heterocycles. The zero-order chi connectivity index (χ0) is 15.0. The van der Waals surface area contributed by atoms with E-state index in [-0.39, 0.29) is 5.54 Å². The van der Waals surface area contributed by atoms with Crippen LogP contribution in [-0.4, -0.2) is 0 Å². The van der Waals surface area contributed by atoms with Crippen LogP contribution in [0.3, 0.4) is 0 Å². The third-order valence-corrected chi connectivity index (χ3v) is 3.88. The normalized spacial score (nSPS) is 11.8. The average Bonchev–Trinajstić information content (AvgIpc) is 2.46. The molecule has 1 aromatic heterocycles. The molecule has 0 bridgehead atoms. The number of rotatable bonds is 1. The Labute approximate surface area is 126 Å².